The predicted molar refractivity (Wildman–Crippen MR) is 130 cm³/mol. The minimum Gasteiger partial charge on any atom is -0.330 e. The maximum absolute atomic E-state index is 13.6. The van der Waals surface area contributed by atoms with Crippen LogP contribution in [0.2, 0.25) is 10.0 Å². The van der Waals surface area contributed by atoms with Crippen molar-refractivity contribution in [3.8, 4) is 5.00 Å². The normalized spacial score (nSPS) is 13.0. The topological polar surface area (TPSA) is 54.3 Å². The zero-order valence-electron chi connectivity index (χ0n) is 16.9. The second-order valence-electron chi connectivity index (χ2n) is 7.04. The van der Waals surface area contributed by atoms with Crippen LogP contribution in [0.4, 0.5) is 5.69 Å². The Hall–Kier alpha value is -1.93. The Morgan fingerprint density at radius 2 is 1.87 bits per heavy atom. The number of likely N-dealkylation sites (N-methyl/N-ethyl adjacent to an activating group) is 1. The van der Waals surface area contributed by atoms with Crippen LogP contribution in [0.25, 0.3) is 5.00 Å². The van der Waals surface area contributed by atoms with Crippen molar-refractivity contribution in [1.82, 2.24) is 9.47 Å². The first-order chi connectivity index (χ1) is 15.0. The first-order valence-electron chi connectivity index (χ1n) is 9.88. The Bertz CT molecular complexity index is 1090. The average molecular weight is 494 g/mol. The molecule has 0 saturated carbocycles. The van der Waals surface area contributed by atoms with Gasteiger partial charge in [-0.3, -0.25) is 9.59 Å². The molecule has 9 heteroatoms. The van der Waals surface area contributed by atoms with Crippen LogP contribution in [0.5, 0.6) is 0 Å². The van der Waals surface area contributed by atoms with Crippen molar-refractivity contribution in [2.45, 2.75) is 19.1 Å². The fourth-order valence-electron chi connectivity index (χ4n) is 3.55. The largest absolute Gasteiger partial charge is 0.330 e. The Labute approximate surface area is 199 Å². The van der Waals surface area contributed by atoms with Gasteiger partial charge in [0.05, 0.1) is 21.3 Å². The Morgan fingerprint density at radius 3 is 2.55 bits per heavy atom. The summed E-state index contributed by atoms with van der Waals surface area (Å²) in [7, 11) is 0. The Kier molecular flexibility index (Phi) is 6.96. The molecule has 0 radical (unpaired) electrons. The number of carbonyl (C=O) groups excluding carboxylic acids is 2. The summed E-state index contributed by atoms with van der Waals surface area (Å²) >= 11 is 15.9. The number of hydrogen-bond donors (Lipinski definition) is 1. The third-order valence-electron chi connectivity index (χ3n) is 5.09. The smallest absolute Gasteiger partial charge is 0.257 e. The van der Waals surface area contributed by atoms with Crippen LogP contribution < -0.4 is 5.32 Å². The van der Waals surface area contributed by atoms with Crippen molar-refractivity contribution in [2.24, 2.45) is 0 Å². The van der Waals surface area contributed by atoms with E-state index < -0.39 is 0 Å². The molecule has 2 aromatic heterocycles. The number of thiophene rings is 1. The van der Waals surface area contributed by atoms with Crippen LogP contribution >= 0.6 is 46.3 Å². The number of benzene rings is 1. The summed E-state index contributed by atoms with van der Waals surface area (Å²) < 4.78 is 1.98. The van der Waals surface area contributed by atoms with Gasteiger partial charge in [0.2, 0.25) is 5.91 Å². The van der Waals surface area contributed by atoms with Gasteiger partial charge in [-0.1, -0.05) is 29.3 Å². The summed E-state index contributed by atoms with van der Waals surface area (Å²) in [5, 5.41) is 4.37. The van der Waals surface area contributed by atoms with E-state index in [-0.39, 0.29) is 18.4 Å². The van der Waals surface area contributed by atoms with Gasteiger partial charge in [-0.15, -0.1) is 11.3 Å². The monoisotopic (exact) mass is 493 g/mol. The van der Waals surface area contributed by atoms with E-state index in [9.17, 15) is 9.59 Å². The quantitative estimate of drug-likeness (QED) is 0.476. The molecule has 2 amide bonds. The van der Waals surface area contributed by atoms with Gasteiger partial charge in [0.15, 0.2) is 0 Å². The van der Waals surface area contributed by atoms with Gasteiger partial charge < -0.3 is 14.8 Å². The van der Waals surface area contributed by atoms with Gasteiger partial charge in [-0.05, 0) is 48.9 Å². The van der Waals surface area contributed by atoms with Crippen LogP contribution in [0.3, 0.4) is 0 Å². The lowest BCUT2D eigenvalue weighted by atomic mass is 10.1. The van der Waals surface area contributed by atoms with Gasteiger partial charge >= 0.3 is 0 Å². The lowest BCUT2D eigenvalue weighted by Gasteiger charge is -2.22. The van der Waals surface area contributed by atoms with Crippen molar-refractivity contribution in [3.05, 3.63) is 68.8 Å². The van der Waals surface area contributed by atoms with Crippen molar-refractivity contribution >= 4 is 63.8 Å². The zero-order valence-corrected chi connectivity index (χ0v) is 20.0. The maximum Gasteiger partial charge on any atom is 0.257 e. The number of aromatic nitrogens is 1. The number of rotatable bonds is 6. The SMILES string of the molecule is CCN(CC(=O)Nc1c(Cl)cccc1Cl)C(=O)c1c(-n2cccc2)sc2c1CCSC2. The van der Waals surface area contributed by atoms with Gasteiger partial charge in [0, 0.05) is 29.6 Å². The fourth-order valence-corrected chi connectivity index (χ4v) is 6.48. The molecular weight excluding hydrogens is 473 g/mol. The first-order valence-corrected chi connectivity index (χ1v) is 12.6. The standard InChI is InChI=1S/C22H21Cl2N3O2S2/c1-2-26(12-18(28)25-20-15(23)6-5-7-16(20)24)21(29)19-14-8-11-30-13-17(14)31-22(19)27-9-3-4-10-27/h3-7,9-10H,2,8,11-13H2,1H3,(H,25,28). The van der Waals surface area contributed by atoms with Gasteiger partial charge in [0.1, 0.15) is 11.5 Å². The van der Waals surface area contributed by atoms with Crippen LogP contribution in [0, 0.1) is 0 Å². The second-order valence-corrected chi connectivity index (χ2v) is 10.0. The van der Waals surface area contributed by atoms with Crippen LogP contribution in [-0.2, 0) is 17.0 Å². The second kappa shape index (κ2) is 9.69. The van der Waals surface area contributed by atoms with Crippen LogP contribution in [-0.4, -0.2) is 40.1 Å². The molecule has 1 aliphatic heterocycles. The van der Waals surface area contributed by atoms with Gasteiger partial charge in [-0.2, -0.15) is 11.8 Å². The fraction of sp³-hybridized carbons (Fsp3) is 0.273. The number of nitrogens with zero attached hydrogens (tertiary/aromatic N) is 2. The molecular formula is C22H21Cl2N3O2S2. The number of halogens is 2. The molecule has 3 heterocycles. The van der Waals surface area contributed by atoms with E-state index in [0.29, 0.717) is 27.8 Å². The number of para-hydroxylation sites is 1. The first kappa shape index (κ1) is 22.3. The summed E-state index contributed by atoms with van der Waals surface area (Å²) in [6, 6.07) is 8.92. The number of fused-ring (bicyclic) bond motifs is 1. The van der Waals surface area contributed by atoms with E-state index in [1.165, 1.54) is 4.88 Å². The van der Waals surface area contributed by atoms with Crippen molar-refractivity contribution in [1.29, 1.82) is 0 Å². The third-order valence-corrected chi connectivity index (χ3v) is 8.13. The highest BCUT2D eigenvalue weighted by Crippen LogP contribution is 2.39. The summed E-state index contributed by atoms with van der Waals surface area (Å²) in [6.07, 6.45) is 4.75. The minimum absolute atomic E-state index is 0.0820. The minimum atomic E-state index is -0.340. The van der Waals surface area contributed by atoms with E-state index in [4.69, 9.17) is 23.2 Å². The highest BCUT2D eigenvalue weighted by molar-refractivity contribution is 7.98. The van der Waals surface area contributed by atoms with E-state index >= 15 is 0 Å². The highest BCUT2D eigenvalue weighted by atomic mass is 35.5. The van der Waals surface area contributed by atoms with Crippen molar-refractivity contribution in [3.63, 3.8) is 0 Å². The van der Waals surface area contributed by atoms with E-state index in [1.807, 2.05) is 47.8 Å². The zero-order chi connectivity index (χ0) is 22.0. The molecule has 1 N–H and O–H groups in total. The Morgan fingerprint density at radius 1 is 1.16 bits per heavy atom. The summed E-state index contributed by atoms with van der Waals surface area (Å²) in [6.45, 7) is 2.20. The van der Waals surface area contributed by atoms with E-state index in [1.54, 1.807) is 34.4 Å². The molecule has 31 heavy (non-hydrogen) atoms. The number of thioether (sulfide) groups is 1. The molecule has 0 saturated heterocycles. The van der Waals surface area contributed by atoms with E-state index in [0.717, 1.165) is 28.5 Å². The average Bonchev–Trinajstić information content (AvgIpc) is 3.42. The molecule has 0 unspecified atom stereocenters. The number of amides is 2. The van der Waals surface area contributed by atoms with Crippen LogP contribution in [0.15, 0.2) is 42.7 Å². The predicted octanol–water partition coefficient (Wildman–Crippen LogP) is 5.74. The summed E-state index contributed by atoms with van der Waals surface area (Å²) in [5.74, 6) is 1.44. The summed E-state index contributed by atoms with van der Waals surface area (Å²) in [4.78, 5) is 29.2. The molecule has 3 aromatic rings. The van der Waals surface area contributed by atoms with Crippen LogP contribution in [0.1, 0.15) is 27.7 Å². The number of nitrogens with one attached hydrogen (secondary N) is 1. The molecule has 0 spiro atoms. The van der Waals surface area contributed by atoms with E-state index in [2.05, 4.69) is 5.32 Å². The lowest BCUT2D eigenvalue weighted by Crippen LogP contribution is -2.38. The molecule has 0 aliphatic carbocycles. The van der Waals surface area contributed by atoms with Crippen molar-refractivity contribution < 1.29 is 9.59 Å². The molecule has 1 aromatic carbocycles. The molecule has 0 atom stereocenters. The summed E-state index contributed by atoms with van der Waals surface area (Å²) in [5.41, 5.74) is 2.18. The Balaban J connectivity index is 1.61. The molecule has 5 nitrogen and oxygen atoms in total. The molecule has 162 valence electrons. The molecule has 0 fully saturated rings. The van der Waals surface area contributed by atoms with Gasteiger partial charge in [-0.25, -0.2) is 0 Å². The van der Waals surface area contributed by atoms with Gasteiger partial charge in [0.25, 0.3) is 5.91 Å². The number of hydrogen-bond acceptors (Lipinski definition) is 4. The lowest BCUT2D eigenvalue weighted by molar-refractivity contribution is -0.116. The molecule has 4 rings (SSSR count). The molecule has 1 aliphatic rings. The third kappa shape index (κ3) is 4.65. The van der Waals surface area contributed by atoms with Crippen molar-refractivity contribution in [2.75, 3.05) is 24.2 Å². The number of anilines is 1. The molecule has 0 bridgehead atoms. The number of carbonyl (C=O) groups is 2. The maximum atomic E-state index is 13.6. The highest BCUT2D eigenvalue weighted by Gasteiger charge is 2.29.